The van der Waals surface area contributed by atoms with Crippen LogP contribution in [0.5, 0.6) is 0 Å². The quantitative estimate of drug-likeness (QED) is 0.439. The molecule has 0 saturated carbocycles. The highest BCUT2D eigenvalue weighted by atomic mass is 15.2. The summed E-state index contributed by atoms with van der Waals surface area (Å²) in [6.45, 7) is 1.88. The van der Waals surface area contributed by atoms with Crippen molar-refractivity contribution in [1.29, 1.82) is 0 Å². The van der Waals surface area contributed by atoms with E-state index in [9.17, 15) is 0 Å². The number of H-pyrrole nitrogens is 1. The normalized spacial score (nSPS) is 33.1. The van der Waals surface area contributed by atoms with Crippen molar-refractivity contribution in [1.82, 2.24) is 10.3 Å². The second-order valence-electron chi connectivity index (χ2n) is 4.40. The Kier molecular flexibility index (Phi) is 1.95. The van der Waals surface area contributed by atoms with Gasteiger partial charge < -0.3 is 27.1 Å². The molecule has 86 valence electrons. The van der Waals surface area contributed by atoms with Crippen molar-refractivity contribution in [2.24, 2.45) is 22.4 Å². The molecular weight excluding hydrogens is 204 g/mol. The Bertz CT molecular complexity index is 430. The lowest BCUT2D eigenvalue weighted by atomic mass is 9.86. The van der Waals surface area contributed by atoms with Crippen molar-refractivity contribution in [3.8, 4) is 0 Å². The van der Waals surface area contributed by atoms with Gasteiger partial charge in [0.05, 0.1) is 0 Å². The summed E-state index contributed by atoms with van der Waals surface area (Å²) in [5.41, 5.74) is 12.5. The molecule has 0 spiro atoms. The third kappa shape index (κ3) is 1.23. The van der Waals surface area contributed by atoms with E-state index in [1.54, 1.807) is 0 Å². The Morgan fingerprint density at radius 2 is 2.38 bits per heavy atom. The van der Waals surface area contributed by atoms with Gasteiger partial charge in [-0.25, -0.2) is 4.99 Å². The Morgan fingerprint density at radius 3 is 3.12 bits per heavy atom. The van der Waals surface area contributed by atoms with Gasteiger partial charge in [0.2, 0.25) is 0 Å². The molecule has 0 aliphatic carbocycles. The van der Waals surface area contributed by atoms with Crippen LogP contribution in [0.4, 0.5) is 5.82 Å². The number of aromatic nitrogens is 1. The maximum Gasteiger partial charge on any atom is 0.196 e. The van der Waals surface area contributed by atoms with Crippen LogP contribution in [0, 0.1) is 5.92 Å². The van der Waals surface area contributed by atoms with E-state index >= 15 is 0 Å². The van der Waals surface area contributed by atoms with Crippen LogP contribution in [0.3, 0.4) is 0 Å². The fraction of sp³-hybridized carbons (Fsp3) is 0.500. The van der Waals surface area contributed by atoms with Crippen LogP contribution in [0.25, 0.3) is 0 Å². The fourth-order valence-electron chi connectivity index (χ4n) is 2.56. The lowest BCUT2D eigenvalue weighted by molar-refractivity contribution is 0.307. The molecule has 0 bridgehead atoms. The second kappa shape index (κ2) is 3.23. The second-order valence-corrected chi connectivity index (χ2v) is 4.40. The molecule has 0 radical (unpaired) electrons. The van der Waals surface area contributed by atoms with Crippen LogP contribution < -0.4 is 22.1 Å². The zero-order valence-corrected chi connectivity index (χ0v) is 8.96. The number of nitrogens with one attached hydrogen (secondary N) is 3. The van der Waals surface area contributed by atoms with E-state index in [0.717, 1.165) is 30.9 Å². The number of rotatable bonds is 1. The summed E-state index contributed by atoms with van der Waals surface area (Å²) in [6, 6.07) is 1.97. The molecule has 1 aromatic rings. The van der Waals surface area contributed by atoms with Crippen molar-refractivity contribution >= 4 is 11.8 Å². The molecule has 2 aliphatic rings. The number of nitrogens with zero attached hydrogens (tertiary/aromatic N) is 1. The lowest BCUT2D eigenvalue weighted by Gasteiger charge is -2.34. The molecule has 3 rings (SSSR count). The summed E-state index contributed by atoms with van der Waals surface area (Å²) < 4.78 is 0. The molecule has 1 aromatic heterocycles. The van der Waals surface area contributed by atoms with E-state index in [0.29, 0.717) is 11.9 Å². The monoisotopic (exact) mass is 220 g/mol. The van der Waals surface area contributed by atoms with E-state index in [2.05, 4.69) is 20.6 Å². The summed E-state index contributed by atoms with van der Waals surface area (Å²) in [5, 5.41) is 6.30. The smallest absolute Gasteiger partial charge is 0.196 e. The highest BCUT2D eigenvalue weighted by molar-refractivity contribution is 5.94. The van der Waals surface area contributed by atoms with Crippen molar-refractivity contribution < 1.29 is 0 Å². The highest BCUT2D eigenvalue weighted by Crippen LogP contribution is 2.38. The predicted molar refractivity (Wildman–Crippen MR) is 62.9 cm³/mol. The Labute approximate surface area is 93.5 Å². The molecule has 7 N–H and O–H groups in total. The number of nitrogens with two attached hydrogens (primary N) is 2. The molecular formula is C10H16N6. The zero-order valence-electron chi connectivity index (χ0n) is 8.96. The van der Waals surface area contributed by atoms with Gasteiger partial charge in [0.15, 0.2) is 5.96 Å². The number of hydrogen-bond donors (Lipinski definition) is 5. The van der Waals surface area contributed by atoms with Gasteiger partial charge in [0, 0.05) is 24.2 Å². The van der Waals surface area contributed by atoms with Gasteiger partial charge in [-0.05, 0) is 19.0 Å². The molecule has 0 aromatic carbocycles. The summed E-state index contributed by atoms with van der Waals surface area (Å²) >= 11 is 0. The van der Waals surface area contributed by atoms with E-state index in [1.807, 2.05) is 12.3 Å². The van der Waals surface area contributed by atoms with E-state index < -0.39 is 5.66 Å². The van der Waals surface area contributed by atoms with Crippen LogP contribution in [0.1, 0.15) is 12.0 Å². The van der Waals surface area contributed by atoms with Crippen LogP contribution in [0.15, 0.2) is 17.3 Å². The van der Waals surface area contributed by atoms with Gasteiger partial charge in [0.1, 0.15) is 11.5 Å². The van der Waals surface area contributed by atoms with Gasteiger partial charge in [0.25, 0.3) is 0 Å². The first-order chi connectivity index (χ1) is 7.70. The van der Waals surface area contributed by atoms with Crippen molar-refractivity contribution in [2.45, 2.75) is 12.1 Å². The van der Waals surface area contributed by atoms with E-state index in [1.165, 1.54) is 0 Å². The molecule has 6 heteroatoms. The molecule has 1 fully saturated rings. The molecule has 2 aliphatic heterocycles. The van der Waals surface area contributed by atoms with Crippen LogP contribution in [-0.4, -0.2) is 24.0 Å². The fourth-order valence-corrected chi connectivity index (χ4v) is 2.56. The molecule has 6 nitrogen and oxygen atoms in total. The summed E-state index contributed by atoms with van der Waals surface area (Å²) in [7, 11) is 0. The number of aliphatic imine (C=N–C) groups is 1. The minimum atomic E-state index is -0.700. The van der Waals surface area contributed by atoms with Gasteiger partial charge in [-0.2, -0.15) is 0 Å². The number of aromatic amines is 1. The highest BCUT2D eigenvalue weighted by Gasteiger charge is 2.42. The molecule has 0 amide bonds. The van der Waals surface area contributed by atoms with Crippen LogP contribution in [-0.2, 0) is 5.66 Å². The van der Waals surface area contributed by atoms with Crippen LogP contribution in [0.2, 0.25) is 0 Å². The molecule has 2 unspecified atom stereocenters. The van der Waals surface area contributed by atoms with Gasteiger partial charge in [-0.15, -0.1) is 0 Å². The van der Waals surface area contributed by atoms with Crippen molar-refractivity contribution in [3.05, 3.63) is 17.8 Å². The van der Waals surface area contributed by atoms with E-state index in [-0.39, 0.29) is 0 Å². The maximum absolute atomic E-state index is 6.44. The average molecular weight is 220 g/mol. The molecule has 2 atom stereocenters. The number of hydrogen-bond acceptors (Lipinski definition) is 5. The topological polar surface area (TPSA) is 104 Å². The molecule has 16 heavy (non-hydrogen) atoms. The first-order valence-electron chi connectivity index (χ1n) is 5.50. The minimum Gasteiger partial charge on any atom is -0.370 e. The number of anilines is 1. The third-order valence-electron chi connectivity index (χ3n) is 3.42. The largest absolute Gasteiger partial charge is 0.370 e. The first kappa shape index (κ1) is 9.68. The SMILES string of the molecule is NC1=NC(N)(C2CCNC2)c2cc[nH]c2N1. The summed E-state index contributed by atoms with van der Waals surface area (Å²) in [4.78, 5) is 7.51. The van der Waals surface area contributed by atoms with Crippen molar-refractivity contribution in [3.63, 3.8) is 0 Å². The summed E-state index contributed by atoms with van der Waals surface area (Å²) in [5.74, 6) is 1.54. The van der Waals surface area contributed by atoms with Gasteiger partial charge in [-0.3, -0.25) is 0 Å². The average Bonchev–Trinajstić information content (AvgIpc) is 2.86. The van der Waals surface area contributed by atoms with E-state index in [4.69, 9.17) is 11.5 Å². The first-order valence-corrected chi connectivity index (χ1v) is 5.50. The van der Waals surface area contributed by atoms with Gasteiger partial charge in [-0.1, -0.05) is 0 Å². The van der Waals surface area contributed by atoms with Crippen LogP contribution >= 0.6 is 0 Å². The molecule has 3 heterocycles. The lowest BCUT2D eigenvalue weighted by Crippen LogP contribution is -2.48. The predicted octanol–water partition coefficient (Wildman–Crippen LogP) is -0.524. The Morgan fingerprint density at radius 1 is 1.50 bits per heavy atom. The maximum atomic E-state index is 6.44. The Balaban J connectivity index is 2.06. The number of fused-ring (bicyclic) bond motifs is 1. The molecule has 1 saturated heterocycles. The third-order valence-corrected chi connectivity index (χ3v) is 3.42. The van der Waals surface area contributed by atoms with Crippen molar-refractivity contribution in [2.75, 3.05) is 18.4 Å². The minimum absolute atomic E-state index is 0.294. The summed E-state index contributed by atoms with van der Waals surface area (Å²) in [6.07, 6.45) is 2.88. The number of guanidine groups is 1. The standard InChI is InChI=1S/C10H16N6/c11-9-15-8-7(2-4-14-8)10(12,16-9)6-1-3-13-5-6/h2,4,6,13-14H,1,3,5,12H2,(H3,11,15,16). The Hall–Kier alpha value is -1.53. The zero-order chi connectivity index (χ0) is 11.2. The van der Waals surface area contributed by atoms with Gasteiger partial charge >= 0.3 is 0 Å².